The number of anilines is 1. The highest BCUT2D eigenvalue weighted by atomic mass is 32.1. The number of carbonyl (C=O) groups excluding carboxylic acids is 1. The molecule has 6 rings (SSSR count). The van der Waals surface area contributed by atoms with E-state index in [2.05, 4.69) is 44.9 Å². The van der Waals surface area contributed by atoms with Gasteiger partial charge >= 0.3 is 0 Å². The molecule has 0 aliphatic rings. The maximum atomic E-state index is 13.4. The Morgan fingerprint density at radius 3 is 2.50 bits per heavy atom. The Morgan fingerprint density at radius 2 is 1.83 bits per heavy atom. The average molecular weight is 575 g/mol. The Labute approximate surface area is 245 Å². The number of nitrogens with zero attached hydrogens (tertiary/aromatic N) is 6. The predicted molar refractivity (Wildman–Crippen MR) is 164 cm³/mol. The van der Waals surface area contributed by atoms with E-state index < -0.39 is 5.91 Å². The average Bonchev–Trinajstić information content (AvgIpc) is 3.69. The van der Waals surface area contributed by atoms with Gasteiger partial charge in [-0.3, -0.25) is 18.8 Å². The van der Waals surface area contributed by atoms with E-state index in [4.69, 9.17) is 11.5 Å². The first-order chi connectivity index (χ1) is 20.4. The predicted octanol–water partition coefficient (Wildman–Crippen LogP) is 3.97. The summed E-state index contributed by atoms with van der Waals surface area (Å²) in [5.74, 6) is 5.60. The number of rotatable bonds is 4. The van der Waals surface area contributed by atoms with Crippen LogP contribution in [0.4, 0.5) is 5.82 Å². The number of hydrogen-bond acceptors (Lipinski definition) is 8. The SMILES string of the molecule is CCc1cc2cccc(C#Cc3cnn(C)c3)c2c(=O)n1-c1ccccc1.NC(=O)c1nc(-c2cscn2)cnc1N. The Balaban J connectivity index is 0.000000199. The van der Waals surface area contributed by atoms with E-state index in [0.29, 0.717) is 16.8 Å². The molecule has 0 radical (unpaired) electrons. The standard InChI is InChI=1S/C23H19N3O.C8H7N5OS/c1-3-20-14-19-9-7-8-18(13-12-17-15-24-25(2)16-17)22(19)23(27)26(20)21-10-5-4-6-11-21;9-7-6(8(10)14)13-4(1-11-7)5-2-15-3-12-5/h4-11,14-16H,3H2,1-2H3;1-3H,(H2,9,11)(H2,10,14). The minimum atomic E-state index is -0.697. The third-order valence-electron chi connectivity index (χ3n) is 6.27. The van der Waals surface area contributed by atoms with E-state index in [1.807, 2.05) is 61.8 Å². The van der Waals surface area contributed by atoms with Gasteiger partial charge in [0, 0.05) is 35.6 Å². The van der Waals surface area contributed by atoms with Gasteiger partial charge < -0.3 is 11.5 Å². The van der Waals surface area contributed by atoms with E-state index in [-0.39, 0.29) is 17.1 Å². The van der Waals surface area contributed by atoms with Crippen molar-refractivity contribution in [3.63, 3.8) is 0 Å². The molecule has 42 heavy (non-hydrogen) atoms. The van der Waals surface area contributed by atoms with Gasteiger partial charge in [0.2, 0.25) is 0 Å². The number of carbonyl (C=O) groups is 1. The second-order valence-electron chi connectivity index (χ2n) is 9.11. The number of amides is 1. The lowest BCUT2D eigenvalue weighted by molar-refractivity contribution is 0.0996. The molecule has 11 heteroatoms. The van der Waals surface area contributed by atoms with E-state index >= 15 is 0 Å². The van der Waals surface area contributed by atoms with Gasteiger partial charge in [-0.2, -0.15) is 5.10 Å². The number of thiazole rings is 1. The highest BCUT2D eigenvalue weighted by Crippen LogP contribution is 2.20. The first kappa shape index (κ1) is 27.9. The van der Waals surface area contributed by atoms with Crippen LogP contribution in [0.3, 0.4) is 0 Å². The molecule has 4 aromatic heterocycles. The highest BCUT2D eigenvalue weighted by Gasteiger charge is 2.13. The van der Waals surface area contributed by atoms with Crippen LogP contribution >= 0.6 is 11.3 Å². The highest BCUT2D eigenvalue weighted by molar-refractivity contribution is 7.07. The van der Waals surface area contributed by atoms with Crippen molar-refractivity contribution in [2.75, 3.05) is 5.73 Å². The van der Waals surface area contributed by atoms with E-state index in [1.165, 1.54) is 17.5 Å². The van der Waals surface area contributed by atoms with E-state index in [0.717, 1.165) is 34.3 Å². The Kier molecular flexibility index (Phi) is 8.17. The molecule has 10 nitrogen and oxygen atoms in total. The number of aromatic nitrogens is 6. The van der Waals surface area contributed by atoms with Crippen molar-refractivity contribution in [1.29, 1.82) is 0 Å². The molecular weight excluding hydrogens is 548 g/mol. The van der Waals surface area contributed by atoms with Gasteiger partial charge in [0.15, 0.2) is 11.5 Å². The van der Waals surface area contributed by atoms with Gasteiger partial charge in [0.25, 0.3) is 11.5 Å². The summed E-state index contributed by atoms with van der Waals surface area (Å²) in [5.41, 5.74) is 16.7. The van der Waals surface area contributed by atoms with Crippen molar-refractivity contribution in [3.8, 4) is 28.9 Å². The number of benzene rings is 2. The first-order valence-corrected chi connectivity index (χ1v) is 13.8. The summed E-state index contributed by atoms with van der Waals surface area (Å²) in [6.07, 6.45) is 5.80. The summed E-state index contributed by atoms with van der Waals surface area (Å²) in [6.45, 7) is 2.06. The van der Waals surface area contributed by atoms with Crippen LogP contribution < -0.4 is 17.0 Å². The topological polar surface area (TPSA) is 148 Å². The van der Waals surface area contributed by atoms with Crippen LogP contribution in [0.2, 0.25) is 0 Å². The number of pyridine rings is 1. The van der Waals surface area contributed by atoms with Crippen LogP contribution in [0.5, 0.6) is 0 Å². The Bertz CT molecular complexity index is 2000. The monoisotopic (exact) mass is 574 g/mol. The molecule has 4 heterocycles. The van der Waals surface area contributed by atoms with Crippen molar-refractivity contribution in [2.45, 2.75) is 13.3 Å². The second-order valence-corrected chi connectivity index (χ2v) is 9.83. The van der Waals surface area contributed by atoms with E-state index in [1.54, 1.807) is 26.3 Å². The minimum absolute atomic E-state index is 0.0273. The number of fused-ring (bicyclic) bond motifs is 1. The molecule has 0 spiro atoms. The fraction of sp³-hybridized carbons (Fsp3) is 0.0968. The molecule has 208 valence electrons. The second kappa shape index (κ2) is 12.3. The number of primary amides is 1. The molecule has 0 fully saturated rings. The van der Waals surface area contributed by atoms with Gasteiger partial charge in [-0.25, -0.2) is 15.0 Å². The molecule has 0 atom stereocenters. The molecular formula is C31H26N8O2S. The number of para-hydroxylation sites is 1. The summed E-state index contributed by atoms with van der Waals surface area (Å²) in [7, 11) is 1.86. The van der Waals surface area contributed by atoms with Crippen molar-refractivity contribution in [3.05, 3.63) is 117 Å². The van der Waals surface area contributed by atoms with Crippen LogP contribution in [0.15, 0.2) is 88.9 Å². The number of aryl methyl sites for hydroxylation is 2. The molecule has 0 bridgehead atoms. The quantitative estimate of drug-likeness (QED) is 0.303. The molecule has 4 N–H and O–H groups in total. The number of nitrogen functional groups attached to an aromatic ring is 1. The maximum Gasteiger partial charge on any atom is 0.271 e. The van der Waals surface area contributed by atoms with Gasteiger partial charge in [0.05, 0.1) is 28.9 Å². The summed E-state index contributed by atoms with van der Waals surface area (Å²) < 4.78 is 3.50. The Hall–Kier alpha value is -5.60. The van der Waals surface area contributed by atoms with Crippen LogP contribution in [0.1, 0.15) is 34.2 Å². The lowest BCUT2D eigenvalue weighted by Crippen LogP contribution is -2.22. The molecule has 0 unspecified atom stereocenters. The van der Waals surface area contributed by atoms with Crippen molar-refractivity contribution < 1.29 is 4.79 Å². The Morgan fingerprint density at radius 1 is 1.02 bits per heavy atom. The van der Waals surface area contributed by atoms with Crippen LogP contribution in [-0.2, 0) is 13.5 Å². The third-order valence-corrected chi connectivity index (χ3v) is 6.86. The molecule has 1 amide bonds. The molecule has 6 aromatic rings. The molecule has 0 saturated carbocycles. The van der Waals surface area contributed by atoms with Gasteiger partial charge in [-0.05, 0) is 36.1 Å². The zero-order valence-electron chi connectivity index (χ0n) is 22.9. The summed E-state index contributed by atoms with van der Waals surface area (Å²) in [4.78, 5) is 36.3. The van der Waals surface area contributed by atoms with Crippen LogP contribution in [-0.4, -0.2) is 35.2 Å². The zero-order chi connectivity index (χ0) is 29.6. The minimum Gasteiger partial charge on any atom is -0.382 e. The number of nitrogens with two attached hydrogens (primary N) is 2. The third kappa shape index (κ3) is 5.94. The van der Waals surface area contributed by atoms with Gasteiger partial charge in [-0.1, -0.05) is 49.1 Å². The summed E-state index contributed by atoms with van der Waals surface area (Å²) in [6, 6.07) is 17.6. The fourth-order valence-corrected chi connectivity index (χ4v) is 4.85. The van der Waals surface area contributed by atoms with Crippen molar-refractivity contribution in [1.82, 2.24) is 29.3 Å². The zero-order valence-corrected chi connectivity index (χ0v) is 23.7. The van der Waals surface area contributed by atoms with Crippen LogP contribution in [0.25, 0.3) is 27.8 Å². The number of hydrogen-bond donors (Lipinski definition) is 2. The van der Waals surface area contributed by atoms with E-state index in [9.17, 15) is 9.59 Å². The normalized spacial score (nSPS) is 10.4. The van der Waals surface area contributed by atoms with Gasteiger partial charge in [0.1, 0.15) is 11.4 Å². The summed E-state index contributed by atoms with van der Waals surface area (Å²) >= 11 is 1.43. The first-order valence-electron chi connectivity index (χ1n) is 12.9. The smallest absolute Gasteiger partial charge is 0.271 e. The lowest BCUT2D eigenvalue weighted by atomic mass is 10.0. The molecule has 0 saturated heterocycles. The fourth-order valence-electron chi connectivity index (χ4n) is 4.31. The van der Waals surface area contributed by atoms with Crippen molar-refractivity contribution >= 4 is 33.8 Å². The molecule has 2 aromatic carbocycles. The van der Waals surface area contributed by atoms with Crippen LogP contribution in [0, 0.1) is 11.8 Å². The van der Waals surface area contributed by atoms with Gasteiger partial charge in [-0.15, -0.1) is 11.3 Å². The molecule has 0 aliphatic carbocycles. The maximum absolute atomic E-state index is 13.4. The largest absolute Gasteiger partial charge is 0.382 e. The lowest BCUT2D eigenvalue weighted by Gasteiger charge is -2.14. The summed E-state index contributed by atoms with van der Waals surface area (Å²) in [5, 5.41) is 7.50. The molecule has 0 aliphatic heterocycles. The van der Waals surface area contributed by atoms with Crippen molar-refractivity contribution in [2.24, 2.45) is 12.8 Å².